The average molecular weight is 804 g/mol. The van der Waals surface area contributed by atoms with Crippen molar-refractivity contribution >= 4 is 75.1 Å². The highest BCUT2D eigenvalue weighted by molar-refractivity contribution is 8.00. The Hall–Kier alpha value is -5.06. The highest BCUT2D eigenvalue weighted by Gasteiger charge is 2.56. The van der Waals surface area contributed by atoms with Gasteiger partial charge in [0.1, 0.15) is 18.0 Å². The van der Waals surface area contributed by atoms with Gasteiger partial charge in [-0.25, -0.2) is 9.89 Å². The quantitative estimate of drug-likeness (QED) is 0.0432. The highest BCUT2D eigenvalue weighted by Crippen LogP contribution is 2.48. The van der Waals surface area contributed by atoms with E-state index >= 15 is 0 Å². The molecule has 2 aromatic heterocycles. The number of carboxylic acid groups (broad SMARTS) is 1. The van der Waals surface area contributed by atoms with Gasteiger partial charge < -0.3 is 41.0 Å². The number of anilines is 1. The number of aromatic nitrogens is 6. The zero-order valence-electron chi connectivity index (χ0n) is 28.9. The molecule has 1 aromatic carbocycles. The van der Waals surface area contributed by atoms with E-state index in [1.807, 2.05) is 0 Å². The number of nitrogens with one attached hydrogen (secondary N) is 3. The first-order valence-corrected chi connectivity index (χ1v) is 19.0. The zero-order chi connectivity index (χ0) is 38.6. The van der Waals surface area contributed by atoms with Crippen LogP contribution in [0.4, 0.5) is 5.13 Å². The van der Waals surface area contributed by atoms with Gasteiger partial charge in [0.05, 0.1) is 35.9 Å². The summed E-state index contributed by atoms with van der Waals surface area (Å²) in [6.07, 6.45) is 2.58. The maximum absolute atomic E-state index is 13.8. The summed E-state index contributed by atoms with van der Waals surface area (Å²) in [5, 5.41) is 52.3. The van der Waals surface area contributed by atoms with Gasteiger partial charge >= 0.3 is 5.97 Å². The predicted molar refractivity (Wildman–Crippen MR) is 193 cm³/mol. The molecular formula is C31H36ClN12O8S2+. The Morgan fingerprint density at radius 3 is 2.57 bits per heavy atom. The van der Waals surface area contributed by atoms with Crippen LogP contribution in [0.1, 0.15) is 55.1 Å². The van der Waals surface area contributed by atoms with Crippen LogP contribution in [-0.2, 0) is 19.2 Å². The van der Waals surface area contributed by atoms with Gasteiger partial charge in [-0.3, -0.25) is 19.3 Å². The smallest absolute Gasteiger partial charge is 0.350 e. The lowest BCUT2D eigenvalue weighted by Crippen LogP contribution is -2.70. The fraction of sp³-hybridized carbons (Fsp3) is 0.484. The van der Waals surface area contributed by atoms with E-state index in [2.05, 4.69) is 45.8 Å². The average Bonchev–Trinajstić information content (AvgIpc) is 3.85. The Labute approximate surface area is 319 Å². The predicted octanol–water partition coefficient (Wildman–Crippen LogP) is 0.524. The Morgan fingerprint density at radius 2 is 1.94 bits per heavy atom. The number of quaternary nitrogens is 1. The van der Waals surface area contributed by atoms with Gasteiger partial charge in [0.25, 0.3) is 17.7 Å². The highest BCUT2D eigenvalue weighted by atomic mass is 35.5. The van der Waals surface area contributed by atoms with E-state index in [9.17, 15) is 34.5 Å². The molecule has 8 N–H and O–H groups in total. The number of aromatic hydroxyl groups is 2. The van der Waals surface area contributed by atoms with Crippen molar-refractivity contribution < 1.29 is 43.8 Å². The SMILES string of the molecule is CC(C)(O/N=C(\C(=O)N[C@@H]1C(=O)N2C(c3nnn[nH]3)=C(C[N+]34CCC(CNC(=O)c5ccc(O)c(O)c5Cl)(CC3)CC4)CS[C@H]12)c1nsc(N)n1)C(=O)O. The lowest BCUT2D eigenvalue weighted by Gasteiger charge is -2.56. The molecule has 0 unspecified atom stereocenters. The third kappa shape index (κ3) is 6.77. The van der Waals surface area contributed by atoms with E-state index in [1.165, 1.54) is 37.7 Å². The fourth-order valence-corrected chi connectivity index (χ4v) is 9.16. The number of phenols is 2. The molecule has 3 aromatic rings. The van der Waals surface area contributed by atoms with Gasteiger partial charge in [-0.1, -0.05) is 16.8 Å². The number of piperidine rings is 3. The second-order valence-electron chi connectivity index (χ2n) is 14.3. The van der Waals surface area contributed by atoms with Crippen LogP contribution in [0.15, 0.2) is 22.9 Å². The number of halogens is 1. The van der Waals surface area contributed by atoms with Crippen LogP contribution in [0, 0.1) is 5.41 Å². The maximum Gasteiger partial charge on any atom is 0.350 e. The third-order valence-electron chi connectivity index (χ3n) is 10.5. The summed E-state index contributed by atoms with van der Waals surface area (Å²) in [5.41, 5.74) is 5.02. The van der Waals surface area contributed by atoms with Crippen molar-refractivity contribution in [3.8, 4) is 11.5 Å². The molecule has 20 nitrogen and oxygen atoms in total. The topological polar surface area (TPSA) is 284 Å². The number of hydrogen-bond donors (Lipinski definition) is 7. The first-order chi connectivity index (χ1) is 25.6. The number of carboxylic acids is 1. The number of nitrogens with zero attached hydrogens (tertiary/aromatic N) is 8. The van der Waals surface area contributed by atoms with Gasteiger partial charge in [-0.2, -0.15) is 9.36 Å². The second-order valence-corrected chi connectivity index (χ2v) is 16.5. The van der Waals surface area contributed by atoms with E-state index in [0.29, 0.717) is 30.4 Å². The van der Waals surface area contributed by atoms with E-state index in [0.717, 1.165) is 60.5 Å². The van der Waals surface area contributed by atoms with Crippen molar-refractivity contribution in [3.63, 3.8) is 0 Å². The van der Waals surface area contributed by atoms with E-state index in [4.69, 9.17) is 22.2 Å². The molecule has 4 saturated heterocycles. The Kier molecular flexibility index (Phi) is 9.64. The van der Waals surface area contributed by atoms with Crippen molar-refractivity contribution in [2.45, 2.75) is 50.1 Å². The second kappa shape index (κ2) is 14.0. The molecule has 0 saturated carbocycles. The van der Waals surface area contributed by atoms with E-state index in [-0.39, 0.29) is 27.0 Å². The lowest BCUT2D eigenvalue weighted by molar-refractivity contribution is -0.941. The van der Waals surface area contributed by atoms with Crippen LogP contribution >= 0.6 is 34.9 Å². The van der Waals surface area contributed by atoms with Crippen LogP contribution in [0.25, 0.3) is 5.70 Å². The third-order valence-corrected chi connectivity index (χ3v) is 12.8. The zero-order valence-corrected chi connectivity index (χ0v) is 31.3. The minimum Gasteiger partial charge on any atom is -0.504 e. The number of β-lactam (4-membered cyclic amide) rings is 1. The molecule has 7 heterocycles. The fourth-order valence-electron chi connectivity index (χ4n) is 7.15. The molecule has 5 aliphatic heterocycles. The number of H-pyrrole nitrogens is 1. The number of phenolic OH excluding ortho intramolecular Hbond substituents is 2. The van der Waals surface area contributed by atoms with Crippen molar-refractivity contribution in [2.24, 2.45) is 10.6 Å². The normalized spacial score (nSPS) is 25.2. The molecule has 0 aliphatic carbocycles. The summed E-state index contributed by atoms with van der Waals surface area (Å²) in [5.74, 6) is -3.28. The number of nitrogens with two attached hydrogens (primary N) is 1. The van der Waals surface area contributed by atoms with Crippen LogP contribution < -0.4 is 16.4 Å². The molecule has 4 fully saturated rings. The van der Waals surface area contributed by atoms with Gasteiger partial charge in [-0.05, 0) is 36.4 Å². The summed E-state index contributed by atoms with van der Waals surface area (Å²) in [4.78, 5) is 62.7. The molecule has 5 aliphatic rings. The molecular weight excluding hydrogens is 768 g/mol. The number of tetrazole rings is 1. The molecule has 0 spiro atoms. The number of aliphatic carboxylic acids is 1. The number of thioether (sulfide) groups is 1. The van der Waals surface area contributed by atoms with Gasteiger partial charge in [0, 0.05) is 54.1 Å². The van der Waals surface area contributed by atoms with Crippen molar-refractivity contribution in [1.29, 1.82) is 0 Å². The lowest BCUT2D eigenvalue weighted by atomic mass is 9.70. The van der Waals surface area contributed by atoms with Crippen molar-refractivity contribution in [2.75, 3.05) is 44.2 Å². The number of carbonyl (C=O) groups is 4. The summed E-state index contributed by atoms with van der Waals surface area (Å²) >= 11 is 8.40. The number of rotatable bonds is 12. The van der Waals surface area contributed by atoms with Gasteiger partial charge in [-0.15, -0.1) is 16.9 Å². The Balaban J connectivity index is 1.04. The monoisotopic (exact) mass is 803 g/mol. The number of amides is 3. The summed E-state index contributed by atoms with van der Waals surface area (Å²) in [6, 6.07) is 1.62. The summed E-state index contributed by atoms with van der Waals surface area (Å²) < 4.78 is 4.81. The van der Waals surface area contributed by atoms with Crippen LogP contribution in [-0.4, -0.2) is 140 Å². The number of fused-ring (bicyclic) bond motifs is 4. The number of carbonyl (C=O) groups excluding carboxylic acids is 3. The maximum atomic E-state index is 13.8. The van der Waals surface area contributed by atoms with Gasteiger partial charge in [0.15, 0.2) is 22.5 Å². The molecule has 286 valence electrons. The molecule has 54 heavy (non-hydrogen) atoms. The first-order valence-electron chi connectivity index (χ1n) is 16.8. The Bertz CT molecular complexity index is 2070. The molecule has 2 atom stereocenters. The minimum atomic E-state index is -1.78. The summed E-state index contributed by atoms with van der Waals surface area (Å²) in [7, 11) is 0. The van der Waals surface area contributed by atoms with E-state index < -0.39 is 57.9 Å². The van der Waals surface area contributed by atoms with Gasteiger partial charge in [0.2, 0.25) is 17.1 Å². The number of benzene rings is 1. The number of hydrogen-bond acceptors (Lipinski definition) is 16. The molecule has 23 heteroatoms. The van der Waals surface area contributed by atoms with Crippen molar-refractivity contribution in [1.82, 2.24) is 45.5 Å². The standard InChI is InChI=1S/C31H35ClN12O8S2/c1-30(2,28(50)51)52-39-18(22-36-29(33)54-40-22)25(48)35-19-26(49)43-20(23-37-41-42-38-23)14(12-53-27(19)43)11-44-8-5-31(6-9-44,7-10-44)13-34-24(47)15-3-4-16(45)21(46)17(15)32/h3-4,19,27H,5-13H2,1-2H3,(H7-,33,34,35,36,37,38,39,40,41,42,45,46,47,48,50,51)/p+1/t19-,27-,31?,44?/m1/s1. The Morgan fingerprint density at radius 1 is 1.22 bits per heavy atom. The minimum absolute atomic E-state index is 0.0452. The van der Waals surface area contributed by atoms with Crippen LogP contribution in [0.5, 0.6) is 11.5 Å². The number of aromatic amines is 1. The summed E-state index contributed by atoms with van der Waals surface area (Å²) in [6.45, 7) is 6.14. The van der Waals surface area contributed by atoms with Crippen molar-refractivity contribution in [3.05, 3.63) is 39.9 Å². The molecule has 0 radical (unpaired) electrons. The first kappa shape index (κ1) is 37.3. The molecule has 2 bridgehead atoms. The van der Waals surface area contributed by atoms with E-state index in [1.54, 1.807) is 4.90 Å². The molecule has 3 amide bonds. The number of oxime groups is 1. The number of nitrogen functional groups attached to an aromatic ring is 1. The largest absolute Gasteiger partial charge is 0.504 e. The van der Waals surface area contributed by atoms with Crippen LogP contribution in [0.2, 0.25) is 5.02 Å². The van der Waals surface area contributed by atoms with Crippen LogP contribution in [0.3, 0.4) is 0 Å². The molecule has 8 rings (SSSR count).